The molecule has 1 aliphatic heterocycles. The van der Waals surface area contributed by atoms with Crippen LogP contribution in [0.5, 0.6) is 5.75 Å². The Morgan fingerprint density at radius 1 is 0.957 bits per heavy atom. The minimum Gasteiger partial charge on any atom is -0.484 e. The van der Waals surface area contributed by atoms with E-state index in [-0.39, 0.29) is 29.6 Å². The molecular formula is C37H44N8O2. The number of carbonyl (C=O) groups is 1. The van der Waals surface area contributed by atoms with Crippen molar-refractivity contribution < 1.29 is 9.53 Å². The van der Waals surface area contributed by atoms with Crippen LogP contribution in [-0.2, 0) is 5.41 Å². The molecule has 0 spiro atoms. The van der Waals surface area contributed by atoms with Gasteiger partial charge in [-0.3, -0.25) is 14.6 Å². The summed E-state index contributed by atoms with van der Waals surface area (Å²) in [6.07, 6.45) is 5.61. The number of carbonyl (C=O) groups excluding carboxylic acids is 1. The molecule has 2 amide bonds. The van der Waals surface area contributed by atoms with Gasteiger partial charge in [0.15, 0.2) is 11.5 Å². The fourth-order valence-corrected chi connectivity index (χ4v) is 6.98. The van der Waals surface area contributed by atoms with Crippen LogP contribution < -0.4 is 15.4 Å². The summed E-state index contributed by atoms with van der Waals surface area (Å²) in [6.45, 7) is 11.6. The zero-order valence-corrected chi connectivity index (χ0v) is 28.1. The standard InChI is InChI=1S/C37H44N8O2/c1-23-13-16-29(24(2)20-23)45-34(21-32(42-45)37(3,4)5)39-36(46)38-28-15-17-31(27-11-8-7-10-26(27)28)47-25-14-18-33-40-41-35(44(33)22-25)30-12-9-19-43(30)6/h7-8,10-11,13-14,16,18,20-22,28,30-31H,9,12,15,17,19H2,1-6H3,(H2,38,39,46)/t28-,30-,31+/m0/s1. The number of aryl methyl sites for hydroxylation is 2. The van der Waals surface area contributed by atoms with E-state index in [1.165, 1.54) is 5.56 Å². The number of urea groups is 1. The highest BCUT2D eigenvalue weighted by molar-refractivity contribution is 5.89. The lowest BCUT2D eigenvalue weighted by Gasteiger charge is -2.32. The van der Waals surface area contributed by atoms with Crippen LogP contribution in [0.15, 0.2) is 66.9 Å². The van der Waals surface area contributed by atoms with Crippen LogP contribution in [0.2, 0.25) is 0 Å². The highest BCUT2D eigenvalue weighted by Gasteiger charge is 2.31. The fraction of sp³-hybridized carbons (Fsp3) is 0.405. The molecule has 2 aromatic carbocycles. The first kappa shape index (κ1) is 30.9. The van der Waals surface area contributed by atoms with Gasteiger partial charge in [-0.25, -0.2) is 9.48 Å². The Morgan fingerprint density at radius 2 is 1.77 bits per heavy atom. The number of rotatable bonds is 6. The number of benzene rings is 2. The molecule has 0 saturated carbocycles. The number of hydrogen-bond donors (Lipinski definition) is 2. The Labute approximate surface area is 276 Å². The van der Waals surface area contributed by atoms with Crippen LogP contribution in [0.4, 0.5) is 10.6 Å². The normalized spacial score (nSPS) is 19.9. The van der Waals surface area contributed by atoms with Crippen molar-refractivity contribution in [3.05, 3.63) is 101 Å². The summed E-state index contributed by atoms with van der Waals surface area (Å²) >= 11 is 0. The number of ether oxygens (including phenoxy) is 1. The van der Waals surface area contributed by atoms with E-state index in [2.05, 4.69) is 102 Å². The second-order valence-electron chi connectivity index (χ2n) is 14.1. The molecule has 3 aromatic heterocycles. The molecule has 0 bridgehead atoms. The van der Waals surface area contributed by atoms with E-state index in [0.29, 0.717) is 5.82 Å². The smallest absolute Gasteiger partial charge is 0.320 e. The quantitative estimate of drug-likeness (QED) is 0.203. The SMILES string of the molecule is Cc1ccc(-n2nc(C(C)(C)C)cc2NC(=O)N[C@H]2CC[C@@H](Oc3ccc4nnc([C@@H]5CCCN5C)n4c3)c3ccccc32)c(C)c1. The maximum Gasteiger partial charge on any atom is 0.320 e. The number of fused-ring (bicyclic) bond motifs is 2. The first-order valence-electron chi connectivity index (χ1n) is 16.6. The molecule has 4 heterocycles. The largest absolute Gasteiger partial charge is 0.484 e. The van der Waals surface area contributed by atoms with E-state index in [1.807, 2.05) is 41.2 Å². The highest BCUT2D eigenvalue weighted by atomic mass is 16.5. The number of anilines is 1. The van der Waals surface area contributed by atoms with E-state index in [1.54, 1.807) is 0 Å². The first-order valence-corrected chi connectivity index (χ1v) is 16.6. The first-order chi connectivity index (χ1) is 22.5. The van der Waals surface area contributed by atoms with Crippen molar-refractivity contribution in [1.29, 1.82) is 0 Å². The summed E-state index contributed by atoms with van der Waals surface area (Å²) in [4.78, 5) is 15.9. The number of nitrogens with one attached hydrogen (secondary N) is 2. The lowest BCUT2D eigenvalue weighted by Crippen LogP contribution is -2.36. The molecule has 3 atom stereocenters. The summed E-state index contributed by atoms with van der Waals surface area (Å²) < 4.78 is 10.6. The second-order valence-corrected chi connectivity index (χ2v) is 14.1. The topological polar surface area (TPSA) is 102 Å². The molecule has 7 rings (SSSR count). The Kier molecular flexibility index (Phi) is 8.00. The van der Waals surface area contributed by atoms with Crippen molar-refractivity contribution >= 4 is 17.5 Å². The Bertz CT molecular complexity index is 1940. The molecule has 0 unspecified atom stereocenters. The molecule has 5 aromatic rings. The summed E-state index contributed by atoms with van der Waals surface area (Å²) in [6, 6.07) is 20.2. The van der Waals surface area contributed by atoms with Crippen molar-refractivity contribution in [2.24, 2.45) is 0 Å². The summed E-state index contributed by atoms with van der Waals surface area (Å²) in [7, 11) is 2.14. The number of hydrogen-bond acceptors (Lipinski definition) is 6. The van der Waals surface area contributed by atoms with Gasteiger partial charge in [-0.05, 0) is 88.0 Å². The van der Waals surface area contributed by atoms with Gasteiger partial charge in [-0.2, -0.15) is 5.10 Å². The van der Waals surface area contributed by atoms with Crippen molar-refractivity contribution in [1.82, 2.24) is 34.6 Å². The van der Waals surface area contributed by atoms with Crippen molar-refractivity contribution in [2.45, 2.75) is 83.9 Å². The van der Waals surface area contributed by atoms with E-state index >= 15 is 0 Å². The van der Waals surface area contributed by atoms with Crippen molar-refractivity contribution in [3.8, 4) is 11.4 Å². The monoisotopic (exact) mass is 632 g/mol. The van der Waals surface area contributed by atoms with Gasteiger partial charge in [0.25, 0.3) is 0 Å². The van der Waals surface area contributed by atoms with Gasteiger partial charge in [0.05, 0.1) is 29.7 Å². The summed E-state index contributed by atoms with van der Waals surface area (Å²) in [5.74, 6) is 2.37. The Hall–Kier alpha value is -4.70. The fourth-order valence-electron chi connectivity index (χ4n) is 6.98. The summed E-state index contributed by atoms with van der Waals surface area (Å²) in [5.41, 5.74) is 6.91. The molecule has 10 heteroatoms. The molecule has 1 saturated heterocycles. The number of pyridine rings is 1. The molecule has 0 radical (unpaired) electrons. The van der Waals surface area contributed by atoms with E-state index in [4.69, 9.17) is 9.84 Å². The maximum absolute atomic E-state index is 13.6. The molecule has 1 fully saturated rings. The van der Waals surface area contributed by atoms with Gasteiger partial charge in [-0.15, -0.1) is 10.2 Å². The zero-order valence-electron chi connectivity index (χ0n) is 28.1. The van der Waals surface area contributed by atoms with Crippen LogP contribution in [0.3, 0.4) is 0 Å². The van der Waals surface area contributed by atoms with Crippen LogP contribution in [0, 0.1) is 13.8 Å². The van der Waals surface area contributed by atoms with E-state index in [9.17, 15) is 4.79 Å². The second kappa shape index (κ2) is 12.2. The Morgan fingerprint density at radius 3 is 2.51 bits per heavy atom. The molecule has 10 nitrogen and oxygen atoms in total. The van der Waals surface area contributed by atoms with E-state index < -0.39 is 0 Å². The van der Waals surface area contributed by atoms with Crippen molar-refractivity contribution in [3.63, 3.8) is 0 Å². The molecule has 47 heavy (non-hydrogen) atoms. The van der Waals surface area contributed by atoms with Crippen LogP contribution >= 0.6 is 0 Å². The molecule has 2 N–H and O–H groups in total. The average Bonchev–Trinajstić information content (AvgIpc) is 3.76. The summed E-state index contributed by atoms with van der Waals surface area (Å²) in [5, 5.41) is 20.2. The molecule has 2 aliphatic rings. The number of aromatic nitrogens is 5. The average molecular weight is 633 g/mol. The zero-order chi connectivity index (χ0) is 32.9. The van der Waals surface area contributed by atoms with Gasteiger partial charge in [0, 0.05) is 11.5 Å². The minimum atomic E-state index is -0.266. The Balaban J connectivity index is 1.10. The molecular weight excluding hydrogens is 588 g/mol. The number of nitrogens with zero attached hydrogens (tertiary/aromatic N) is 6. The molecule has 1 aliphatic carbocycles. The maximum atomic E-state index is 13.6. The highest BCUT2D eigenvalue weighted by Crippen LogP contribution is 2.39. The van der Waals surface area contributed by atoms with Gasteiger partial charge >= 0.3 is 6.03 Å². The number of likely N-dealkylation sites (tertiary alicyclic amines) is 1. The predicted molar refractivity (Wildman–Crippen MR) is 183 cm³/mol. The lowest BCUT2D eigenvalue weighted by molar-refractivity contribution is 0.171. The third kappa shape index (κ3) is 6.10. The van der Waals surface area contributed by atoms with Gasteiger partial charge < -0.3 is 10.1 Å². The number of amides is 2. The van der Waals surface area contributed by atoms with Gasteiger partial charge in [0.2, 0.25) is 0 Å². The molecule has 244 valence electrons. The van der Waals surface area contributed by atoms with Crippen LogP contribution in [-0.4, -0.2) is 48.9 Å². The van der Waals surface area contributed by atoms with Crippen molar-refractivity contribution in [2.75, 3.05) is 18.9 Å². The third-order valence-electron chi connectivity index (χ3n) is 9.54. The lowest BCUT2D eigenvalue weighted by atomic mass is 9.85. The van der Waals surface area contributed by atoms with E-state index in [0.717, 1.165) is 77.5 Å². The predicted octanol–water partition coefficient (Wildman–Crippen LogP) is 7.37. The third-order valence-corrected chi connectivity index (χ3v) is 9.54. The van der Waals surface area contributed by atoms with Crippen LogP contribution in [0.1, 0.15) is 98.4 Å². The van der Waals surface area contributed by atoms with Gasteiger partial charge in [-0.1, -0.05) is 62.7 Å². The minimum absolute atomic E-state index is 0.140. The van der Waals surface area contributed by atoms with Gasteiger partial charge in [0.1, 0.15) is 17.7 Å². The van der Waals surface area contributed by atoms with Crippen LogP contribution in [0.25, 0.3) is 11.3 Å².